The first kappa shape index (κ1) is 12.8. The first-order valence-electron chi connectivity index (χ1n) is 4.91. The molecule has 78 valence electrons. The molecule has 3 nitrogen and oxygen atoms in total. The van der Waals surface area contributed by atoms with Gasteiger partial charge in [0.2, 0.25) is 6.08 Å². The van der Waals surface area contributed by atoms with Gasteiger partial charge < -0.3 is 0 Å². The summed E-state index contributed by atoms with van der Waals surface area (Å²) < 4.78 is 0. The van der Waals surface area contributed by atoms with Crippen LogP contribution in [0.3, 0.4) is 0 Å². The highest BCUT2D eigenvalue weighted by atomic mass is 16.1. The Morgan fingerprint density at radius 3 is 2.50 bits per heavy atom. The number of isocyanates is 1. The van der Waals surface area contributed by atoms with Gasteiger partial charge in [-0.15, -0.1) is 0 Å². The minimum atomic E-state index is 0.149. The molecule has 0 saturated carbocycles. The van der Waals surface area contributed by atoms with Gasteiger partial charge in [-0.25, -0.2) is 9.79 Å². The Morgan fingerprint density at radius 2 is 1.93 bits per heavy atom. The van der Waals surface area contributed by atoms with E-state index in [1.165, 1.54) is 6.08 Å². The molecular weight excluding hydrogens is 178 g/mol. The van der Waals surface area contributed by atoms with Crippen molar-refractivity contribution >= 4 is 11.9 Å². The molecule has 0 aromatic heterocycles. The van der Waals surface area contributed by atoms with E-state index in [9.17, 15) is 9.59 Å². The molecule has 0 saturated heterocycles. The van der Waals surface area contributed by atoms with Gasteiger partial charge >= 0.3 is 0 Å². The highest BCUT2D eigenvalue weighted by Gasteiger charge is 2.00. The Kier molecular flexibility index (Phi) is 7.67. The number of carbonyl (C=O) groups is 1. The van der Waals surface area contributed by atoms with Crippen LogP contribution in [0.25, 0.3) is 0 Å². The van der Waals surface area contributed by atoms with E-state index in [-0.39, 0.29) is 5.78 Å². The van der Waals surface area contributed by atoms with Gasteiger partial charge in [-0.1, -0.05) is 19.4 Å². The van der Waals surface area contributed by atoms with Crippen molar-refractivity contribution in [1.29, 1.82) is 0 Å². The van der Waals surface area contributed by atoms with Gasteiger partial charge in [0.1, 0.15) is 0 Å². The SMILES string of the molecule is C=C(C)C(=O)CCCCCCN=C=O. The summed E-state index contributed by atoms with van der Waals surface area (Å²) >= 11 is 0. The third kappa shape index (κ3) is 7.44. The average molecular weight is 195 g/mol. The lowest BCUT2D eigenvalue weighted by Crippen LogP contribution is -1.97. The van der Waals surface area contributed by atoms with E-state index in [1.54, 1.807) is 6.92 Å². The van der Waals surface area contributed by atoms with E-state index < -0.39 is 0 Å². The molecule has 0 fully saturated rings. The topological polar surface area (TPSA) is 46.5 Å². The third-order valence-electron chi connectivity index (χ3n) is 1.96. The van der Waals surface area contributed by atoms with Crippen LogP contribution >= 0.6 is 0 Å². The number of unbranched alkanes of at least 4 members (excludes halogenated alkanes) is 3. The van der Waals surface area contributed by atoms with Gasteiger partial charge in [0, 0.05) is 6.42 Å². The molecule has 0 aliphatic carbocycles. The van der Waals surface area contributed by atoms with E-state index in [0.29, 0.717) is 18.5 Å². The summed E-state index contributed by atoms with van der Waals surface area (Å²) in [6.45, 7) is 5.88. The number of Topliss-reactive ketones (excluding diaryl/α,β-unsaturated/α-hetero) is 1. The average Bonchev–Trinajstić information content (AvgIpc) is 2.16. The second-order valence-corrected chi connectivity index (χ2v) is 3.34. The van der Waals surface area contributed by atoms with Crippen molar-refractivity contribution in [2.75, 3.05) is 6.54 Å². The van der Waals surface area contributed by atoms with E-state index >= 15 is 0 Å². The molecule has 0 unspecified atom stereocenters. The molecule has 0 atom stereocenters. The fraction of sp³-hybridized carbons (Fsp3) is 0.636. The molecule has 14 heavy (non-hydrogen) atoms. The van der Waals surface area contributed by atoms with E-state index in [0.717, 1.165) is 25.7 Å². The number of ketones is 1. The maximum atomic E-state index is 11.1. The maximum Gasteiger partial charge on any atom is 0.234 e. The second-order valence-electron chi connectivity index (χ2n) is 3.34. The number of nitrogens with zero attached hydrogens (tertiary/aromatic N) is 1. The van der Waals surface area contributed by atoms with Crippen LogP contribution in [0.4, 0.5) is 0 Å². The van der Waals surface area contributed by atoms with Crippen LogP contribution in [0.2, 0.25) is 0 Å². The molecule has 0 aliphatic heterocycles. The summed E-state index contributed by atoms with van der Waals surface area (Å²) in [6.07, 6.45) is 5.91. The lowest BCUT2D eigenvalue weighted by Gasteiger charge is -1.99. The summed E-state index contributed by atoms with van der Waals surface area (Å²) in [6, 6.07) is 0. The smallest absolute Gasteiger partial charge is 0.234 e. The van der Waals surface area contributed by atoms with Crippen molar-refractivity contribution in [3.63, 3.8) is 0 Å². The summed E-state index contributed by atoms with van der Waals surface area (Å²) in [5.74, 6) is 0.149. The molecule has 0 amide bonds. The van der Waals surface area contributed by atoms with E-state index in [1.807, 2.05) is 0 Å². The fourth-order valence-electron chi connectivity index (χ4n) is 1.09. The second kappa shape index (κ2) is 8.39. The lowest BCUT2D eigenvalue weighted by molar-refractivity contribution is -0.115. The van der Waals surface area contributed by atoms with Crippen LogP contribution in [-0.2, 0) is 9.59 Å². The van der Waals surface area contributed by atoms with Crippen molar-refractivity contribution in [2.24, 2.45) is 4.99 Å². The first-order chi connectivity index (χ1) is 6.68. The third-order valence-corrected chi connectivity index (χ3v) is 1.96. The standard InChI is InChI=1S/C11H17NO2/c1-10(2)11(14)7-5-3-4-6-8-12-9-13/h1,3-8H2,2H3. The zero-order chi connectivity index (χ0) is 10.8. The largest absolute Gasteiger partial charge is 0.295 e. The van der Waals surface area contributed by atoms with Crippen LogP contribution in [-0.4, -0.2) is 18.4 Å². The van der Waals surface area contributed by atoms with E-state index in [2.05, 4.69) is 11.6 Å². The molecule has 0 heterocycles. The van der Waals surface area contributed by atoms with Crippen LogP contribution < -0.4 is 0 Å². The van der Waals surface area contributed by atoms with Crippen LogP contribution in [0, 0.1) is 0 Å². The van der Waals surface area contributed by atoms with Gasteiger partial charge in [-0.3, -0.25) is 4.79 Å². The summed E-state index contributed by atoms with van der Waals surface area (Å²) in [5, 5.41) is 0. The molecule has 0 aliphatic rings. The van der Waals surface area contributed by atoms with Crippen LogP contribution in [0.5, 0.6) is 0 Å². The predicted octanol–water partition coefficient (Wildman–Crippen LogP) is 2.42. The van der Waals surface area contributed by atoms with Crippen molar-refractivity contribution in [3.8, 4) is 0 Å². The van der Waals surface area contributed by atoms with Crippen molar-refractivity contribution in [3.05, 3.63) is 12.2 Å². The van der Waals surface area contributed by atoms with Crippen molar-refractivity contribution in [2.45, 2.75) is 39.0 Å². The molecule has 3 heteroatoms. The molecule has 0 bridgehead atoms. The van der Waals surface area contributed by atoms with Gasteiger partial charge in [0.05, 0.1) is 6.54 Å². The van der Waals surface area contributed by atoms with Gasteiger partial charge in [0.25, 0.3) is 0 Å². The van der Waals surface area contributed by atoms with Gasteiger partial charge in [0.15, 0.2) is 5.78 Å². The Labute approximate surface area is 84.9 Å². The van der Waals surface area contributed by atoms with Crippen molar-refractivity contribution in [1.82, 2.24) is 0 Å². The zero-order valence-corrected chi connectivity index (χ0v) is 8.71. The Bertz CT molecular complexity index is 240. The van der Waals surface area contributed by atoms with Gasteiger partial charge in [-0.05, 0) is 25.3 Å². The Hall–Kier alpha value is -1.21. The molecule has 0 aromatic rings. The zero-order valence-electron chi connectivity index (χ0n) is 8.71. The molecule has 0 spiro atoms. The number of hydrogen-bond acceptors (Lipinski definition) is 3. The monoisotopic (exact) mass is 195 g/mol. The number of allylic oxidation sites excluding steroid dienone is 1. The number of aliphatic imine (C=N–C) groups is 1. The first-order valence-corrected chi connectivity index (χ1v) is 4.91. The summed E-state index contributed by atoms with van der Waals surface area (Å²) in [4.78, 5) is 24.3. The predicted molar refractivity (Wildman–Crippen MR) is 55.9 cm³/mol. The summed E-state index contributed by atoms with van der Waals surface area (Å²) in [7, 11) is 0. The number of hydrogen-bond donors (Lipinski definition) is 0. The molecule has 0 aromatic carbocycles. The number of carbonyl (C=O) groups excluding carboxylic acids is 2. The fourth-order valence-corrected chi connectivity index (χ4v) is 1.09. The Balaban J connectivity index is 3.25. The highest BCUT2D eigenvalue weighted by Crippen LogP contribution is 2.06. The maximum absolute atomic E-state index is 11.1. The van der Waals surface area contributed by atoms with Crippen LogP contribution in [0.15, 0.2) is 17.1 Å². The highest BCUT2D eigenvalue weighted by molar-refractivity contribution is 5.93. The van der Waals surface area contributed by atoms with Crippen LogP contribution in [0.1, 0.15) is 39.0 Å². The molecule has 0 N–H and O–H groups in total. The van der Waals surface area contributed by atoms with E-state index in [4.69, 9.17) is 0 Å². The summed E-state index contributed by atoms with van der Waals surface area (Å²) in [5.41, 5.74) is 0.635. The van der Waals surface area contributed by atoms with Gasteiger partial charge in [-0.2, -0.15) is 0 Å². The molecule has 0 radical (unpaired) electrons. The lowest BCUT2D eigenvalue weighted by atomic mass is 10.1. The minimum absolute atomic E-state index is 0.149. The number of rotatable bonds is 8. The quantitative estimate of drug-likeness (QED) is 0.258. The molecular formula is C11H17NO2. The minimum Gasteiger partial charge on any atom is -0.295 e. The normalized spacial score (nSPS) is 9.21. The molecule has 0 rings (SSSR count). The van der Waals surface area contributed by atoms with Crippen molar-refractivity contribution < 1.29 is 9.59 Å². The Morgan fingerprint density at radius 1 is 1.29 bits per heavy atom.